The lowest BCUT2D eigenvalue weighted by atomic mass is 10.2. The van der Waals surface area contributed by atoms with E-state index in [2.05, 4.69) is 5.32 Å². The quantitative estimate of drug-likeness (QED) is 0.546. The first-order chi connectivity index (χ1) is 13.1. The number of rotatable bonds is 7. The molecule has 2 aromatic carbocycles. The molecule has 2 aromatic rings. The second-order valence-corrected chi connectivity index (χ2v) is 7.52. The molecular weight excluding hydrogens is 386 g/mol. The zero-order valence-electron chi connectivity index (χ0n) is 14.7. The molecule has 0 bridgehead atoms. The molecule has 1 N–H and O–H groups in total. The number of thioether (sulfide) groups is 1. The minimum atomic E-state index is -0.528. The third-order valence-electron chi connectivity index (χ3n) is 4.04. The lowest BCUT2D eigenvalue weighted by molar-refractivity contribution is -0.119. The minimum Gasteiger partial charge on any atom is -0.452 e. The summed E-state index contributed by atoms with van der Waals surface area (Å²) < 4.78 is 10.8. The largest absolute Gasteiger partial charge is 0.452 e. The maximum absolute atomic E-state index is 12.4. The smallest absolute Gasteiger partial charge is 0.339 e. The highest BCUT2D eigenvalue weighted by atomic mass is 35.5. The van der Waals surface area contributed by atoms with E-state index in [0.29, 0.717) is 16.3 Å². The predicted molar refractivity (Wildman–Crippen MR) is 107 cm³/mol. The number of benzene rings is 2. The minimum absolute atomic E-state index is 0.223. The van der Waals surface area contributed by atoms with Crippen LogP contribution in [-0.4, -0.2) is 36.9 Å². The van der Waals surface area contributed by atoms with Gasteiger partial charge >= 0.3 is 5.97 Å². The lowest BCUT2D eigenvalue weighted by Crippen LogP contribution is -2.21. The summed E-state index contributed by atoms with van der Waals surface area (Å²) in [7, 11) is 0. The monoisotopic (exact) mass is 405 g/mol. The van der Waals surface area contributed by atoms with Gasteiger partial charge in [-0.15, -0.1) is 11.8 Å². The molecule has 1 atom stereocenters. The van der Waals surface area contributed by atoms with Gasteiger partial charge in [-0.05, 0) is 37.1 Å². The summed E-state index contributed by atoms with van der Waals surface area (Å²) in [4.78, 5) is 25.3. The number of hydrogen-bond acceptors (Lipinski definition) is 5. The molecule has 3 rings (SSSR count). The first kappa shape index (κ1) is 19.7. The van der Waals surface area contributed by atoms with Crippen LogP contribution in [0.3, 0.4) is 0 Å². The number of para-hydroxylation sites is 1. The number of amides is 1. The van der Waals surface area contributed by atoms with Crippen molar-refractivity contribution >= 4 is 40.9 Å². The van der Waals surface area contributed by atoms with Crippen molar-refractivity contribution < 1.29 is 19.1 Å². The summed E-state index contributed by atoms with van der Waals surface area (Å²) in [5, 5.41) is 3.05. The van der Waals surface area contributed by atoms with Crippen LogP contribution in [0, 0.1) is 0 Å². The molecule has 0 unspecified atom stereocenters. The molecule has 0 aliphatic carbocycles. The first-order valence-electron chi connectivity index (χ1n) is 8.68. The van der Waals surface area contributed by atoms with Crippen LogP contribution in [-0.2, 0) is 14.3 Å². The summed E-state index contributed by atoms with van der Waals surface area (Å²) >= 11 is 7.57. The number of ether oxygens (including phenoxy) is 2. The van der Waals surface area contributed by atoms with E-state index in [1.165, 1.54) is 0 Å². The summed E-state index contributed by atoms with van der Waals surface area (Å²) in [6.07, 6.45) is 2.34. The molecule has 5 nitrogen and oxygen atoms in total. The Morgan fingerprint density at radius 3 is 2.74 bits per heavy atom. The summed E-state index contributed by atoms with van der Waals surface area (Å²) in [6.45, 7) is 0.421. The van der Waals surface area contributed by atoms with Gasteiger partial charge in [-0.2, -0.15) is 0 Å². The zero-order chi connectivity index (χ0) is 19.1. The Morgan fingerprint density at radius 2 is 1.96 bits per heavy atom. The molecule has 0 aromatic heterocycles. The molecule has 1 aliphatic heterocycles. The summed E-state index contributed by atoms with van der Waals surface area (Å²) in [6, 6.07) is 14.1. The Hall–Kier alpha value is -2.02. The molecule has 1 heterocycles. The standard InChI is InChI=1S/C20H20ClNO4S/c21-16-8-2-3-9-17(16)22-19(23)12-26-20(24)15-7-1-4-10-18(15)27-13-14-6-5-11-25-14/h1-4,7-10,14H,5-6,11-13H2,(H,22,23)/t14-/m0/s1. The number of esters is 1. The van der Waals surface area contributed by atoms with Crippen LogP contribution in [0.25, 0.3) is 0 Å². The highest BCUT2D eigenvalue weighted by Crippen LogP contribution is 2.27. The third-order valence-corrected chi connectivity index (χ3v) is 5.57. The molecule has 1 aliphatic rings. The van der Waals surface area contributed by atoms with E-state index in [-0.39, 0.29) is 12.7 Å². The van der Waals surface area contributed by atoms with Crippen molar-refractivity contribution in [3.8, 4) is 0 Å². The molecule has 1 amide bonds. The van der Waals surface area contributed by atoms with Crippen molar-refractivity contribution in [2.75, 3.05) is 24.3 Å². The Morgan fingerprint density at radius 1 is 1.19 bits per heavy atom. The third kappa shape index (κ3) is 5.73. The lowest BCUT2D eigenvalue weighted by Gasteiger charge is -2.12. The maximum Gasteiger partial charge on any atom is 0.339 e. The van der Waals surface area contributed by atoms with Crippen molar-refractivity contribution in [1.82, 2.24) is 0 Å². The number of carbonyl (C=O) groups is 2. The second-order valence-electron chi connectivity index (χ2n) is 6.05. The molecule has 27 heavy (non-hydrogen) atoms. The molecule has 1 fully saturated rings. The van der Waals surface area contributed by atoms with Crippen molar-refractivity contribution in [3.63, 3.8) is 0 Å². The molecule has 142 valence electrons. The van der Waals surface area contributed by atoms with Gasteiger partial charge in [0.05, 0.1) is 22.4 Å². The van der Waals surface area contributed by atoms with Crippen molar-refractivity contribution in [2.45, 2.75) is 23.8 Å². The molecular formula is C20H20ClNO4S. The first-order valence-corrected chi connectivity index (χ1v) is 10.0. The SMILES string of the molecule is O=C(COC(=O)c1ccccc1SC[C@@H]1CCCO1)Nc1ccccc1Cl. The van der Waals surface area contributed by atoms with Gasteiger partial charge < -0.3 is 14.8 Å². The number of halogens is 1. The fraction of sp³-hybridized carbons (Fsp3) is 0.300. The fourth-order valence-corrected chi connectivity index (χ4v) is 3.97. The molecule has 0 spiro atoms. The van der Waals surface area contributed by atoms with E-state index in [9.17, 15) is 9.59 Å². The average Bonchev–Trinajstić information content (AvgIpc) is 3.20. The number of nitrogens with one attached hydrogen (secondary N) is 1. The van der Waals surface area contributed by atoms with Crippen LogP contribution in [0.1, 0.15) is 23.2 Å². The highest BCUT2D eigenvalue weighted by molar-refractivity contribution is 7.99. The topological polar surface area (TPSA) is 64.6 Å². The predicted octanol–water partition coefficient (Wildman–Crippen LogP) is 4.41. The van der Waals surface area contributed by atoms with E-state index < -0.39 is 11.9 Å². The molecule has 7 heteroatoms. The van der Waals surface area contributed by atoms with Crippen molar-refractivity contribution in [2.24, 2.45) is 0 Å². The number of hydrogen-bond donors (Lipinski definition) is 1. The Bertz CT molecular complexity index is 808. The Balaban J connectivity index is 1.54. The van der Waals surface area contributed by atoms with Crippen molar-refractivity contribution in [3.05, 3.63) is 59.1 Å². The highest BCUT2D eigenvalue weighted by Gasteiger charge is 2.19. The molecule has 0 radical (unpaired) electrons. The normalized spacial score (nSPS) is 16.1. The van der Waals surface area contributed by atoms with E-state index in [4.69, 9.17) is 21.1 Å². The van der Waals surface area contributed by atoms with Gasteiger partial charge in [0.1, 0.15) is 0 Å². The van der Waals surface area contributed by atoms with Crippen LogP contribution in [0.4, 0.5) is 5.69 Å². The van der Waals surface area contributed by atoms with E-state index in [0.717, 1.165) is 30.1 Å². The zero-order valence-corrected chi connectivity index (χ0v) is 16.2. The van der Waals surface area contributed by atoms with Crippen LogP contribution < -0.4 is 5.32 Å². The van der Waals surface area contributed by atoms with Gasteiger partial charge in [0.15, 0.2) is 6.61 Å². The molecule has 0 saturated carbocycles. The van der Waals surface area contributed by atoms with Crippen LogP contribution >= 0.6 is 23.4 Å². The van der Waals surface area contributed by atoms with E-state index in [1.54, 1.807) is 48.2 Å². The van der Waals surface area contributed by atoms with Gasteiger partial charge in [-0.25, -0.2) is 4.79 Å². The molecule has 1 saturated heterocycles. The average molecular weight is 406 g/mol. The van der Waals surface area contributed by atoms with Crippen LogP contribution in [0.5, 0.6) is 0 Å². The van der Waals surface area contributed by atoms with Gasteiger partial charge in [0.2, 0.25) is 0 Å². The van der Waals surface area contributed by atoms with Gasteiger partial charge in [0.25, 0.3) is 5.91 Å². The Labute approximate surface area is 167 Å². The maximum atomic E-state index is 12.4. The summed E-state index contributed by atoms with van der Waals surface area (Å²) in [5.74, 6) is -0.183. The van der Waals surface area contributed by atoms with E-state index in [1.807, 2.05) is 12.1 Å². The van der Waals surface area contributed by atoms with Gasteiger partial charge in [-0.3, -0.25) is 4.79 Å². The number of anilines is 1. The van der Waals surface area contributed by atoms with E-state index >= 15 is 0 Å². The van der Waals surface area contributed by atoms with Gasteiger partial charge in [-0.1, -0.05) is 35.9 Å². The second kappa shape index (κ2) is 9.78. The fourth-order valence-electron chi connectivity index (χ4n) is 2.68. The van der Waals surface area contributed by atoms with Gasteiger partial charge in [0, 0.05) is 17.3 Å². The van der Waals surface area contributed by atoms with Crippen LogP contribution in [0.2, 0.25) is 5.02 Å². The Kier molecular flexibility index (Phi) is 7.15. The number of carbonyl (C=O) groups excluding carboxylic acids is 2. The van der Waals surface area contributed by atoms with Crippen LogP contribution in [0.15, 0.2) is 53.4 Å². The van der Waals surface area contributed by atoms with Crippen molar-refractivity contribution in [1.29, 1.82) is 0 Å². The summed E-state index contributed by atoms with van der Waals surface area (Å²) in [5.41, 5.74) is 0.929.